The lowest BCUT2D eigenvalue weighted by Crippen LogP contribution is -2.26. The van der Waals surface area contributed by atoms with Crippen LogP contribution in [0.4, 0.5) is 0 Å². The average molecular weight is 206 g/mol. The summed E-state index contributed by atoms with van der Waals surface area (Å²) in [6.07, 6.45) is 2.67. The van der Waals surface area contributed by atoms with Gasteiger partial charge in [0, 0.05) is 6.61 Å². The van der Waals surface area contributed by atoms with Crippen molar-refractivity contribution in [3.05, 3.63) is 35.4 Å². The molecule has 2 heteroatoms. The maximum atomic E-state index is 5.88. The van der Waals surface area contributed by atoms with Gasteiger partial charge in [-0.15, -0.1) is 0 Å². The van der Waals surface area contributed by atoms with E-state index >= 15 is 0 Å². The first-order chi connectivity index (χ1) is 6.86. The first kappa shape index (κ1) is 9.93. The number of benzene rings is 1. The molecule has 0 saturated carbocycles. The first-order valence-corrected chi connectivity index (χ1v) is 7.63. The Morgan fingerprint density at radius 2 is 2.14 bits per heavy atom. The quantitative estimate of drug-likeness (QED) is 0.676. The van der Waals surface area contributed by atoms with Crippen molar-refractivity contribution >= 4 is 9.04 Å². The van der Waals surface area contributed by atoms with Crippen LogP contribution < -0.4 is 0 Å². The fourth-order valence-electron chi connectivity index (χ4n) is 2.05. The van der Waals surface area contributed by atoms with Crippen molar-refractivity contribution in [2.24, 2.45) is 0 Å². The van der Waals surface area contributed by atoms with Gasteiger partial charge in [-0.05, 0) is 36.6 Å². The van der Waals surface area contributed by atoms with E-state index in [0.29, 0.717) is 0 Å². The Morgan fingerprint density at radius 3 is 2.86 bits per heavy atom. The molecule has 0 spiro atoms. The summed E-state index contributed by atoms with van der Waals surface area (Å²) in [6, 6.07) is 11.3. The third-order valence-corrected chi connectivity index (χ3v) is 5.64. The minimum Gasteiger partial charge on any atom is -0.420 e. The molecule has 0 radical (unpaired) electrons. The van der Waals surface area contributed by atoms with Crippen LogP contribution in [0.2, 0.25) is 6.04 Å². The van der Waals surface area contributed by atoms with Crippen LogP contribution in [-0.4, -0.2) is 15.6 Å². The van der Waals surface area contributed by atoms with Gasteiger partial charge >= 0.3 is 0 Å². The van der Waals surface area contributed by atoms with Crippen molar-refractivity contribution in [2.45, 2.75) is 31.9 Å². The highest BCUT2D eigenvalue weighted by molar-refractivity contribution is 6.51. The van der Waals surface area contributed by atoms with Crippen molar-refractivity contribution < 1.29 is 4.43 Å². The Kier molecular flexibility index (Phi) is 3.38. The molecule has 1 aliphatic heterocycles. The van der Waals surface area contributed by atoms with Gasteiger partial charge in [0.05, 0.1) is 0 Å². The topological polar surface area (TPSA) is 9.23 Å². The molecule has 1 aliphatic rings. The fraction of sp³-hybridized carbons (Fsp3) is 0.500. The van der Waals surface area contributed by atoms with Crippen molar-refractivity contribution in [1.29, 1.82) is 0 Å². The second-order valence-electron chi connectivity index (χ2n) is 4.12. The van der Waals surface area contributed by atoms with Gasteiger partial charge in [0.15, 0.2) is 9.04 Å². The van der Waals surface area contributed by atoms with Gasteiger partial charge in [0.2, 0.25) is 0 Å². The Labute approximate surface area is 87.8 Å². The molecule has 1 heterocycles. The molecule has 0 aromatic heterocycles. The highest BCUT2D eigenvalue weighted by Crippen LogP contribution is 2.17. The van der Waals surface area contributed by atoms with Gasteiger partial charge in [-0.3, -0.25) is 0 Å². The highest BCUT2D eigenvalue weighted by atomic mass is 28.3. The standard InChI is InChI=1S/C12H18OSi/c1-11-6-2-3-7-12(11)10-14-9-5-4-8-13-14/h2-3,6-7,14H,4-5,8-10H2,1H3. The van der Waals surface area contributed by atoms with E-state index in [0.717, 1.165) is 6.61 Å². The predicted octanol–water partition coefficient (Wildman–Crippen LogP) is 2.61. The number of aryl methyl sites for hydroxylation is 1. The zero-order valence-corrected chi connectivity index (χ0v) is 9.99. The van der Waals surface area contributed by atoms with Crippen molar-refractivity contribution in [3.63, 3.8) is 0 Å². The van der Waals surface area contributed by atoms with Crippen molar-refractivity contribution in [3.8, 4) is 0 Å². The highest BCUT2D eigenvalue weighted by Gasteiger charge is 2.16. The van der Waals surface area contributed by atoms with Gasteiger partial charge in [-0.2, -0.15) is 0 Å². The van der Waals surface area contributed by atoms with E-state index in [9.17, 15) is 0 Å². The molecular weight excluding hydrogens is 188 g/mol. The third kappa shape index (κ3) is 2.46. The molecule has 14 heavy (non-hydrogen) atoms. The fourth-order valence-corrected chi connectivity index (χ4v) is 4.73. The number of hydrogen-bond donors (Lipinski definition) is 0. The summed E-state index contributed by atoms with van der Waals surface area (Å²) in [5.74, 6) is 0. The molecule has 0 bridgehead atoms. The lowest BCUT2D eigenvalue weighted by Gasteiger charge is -2.21. The summed E-state index contributed by atoms with van der Waals surface area (Å²) < 4.78 is 5.88. The Morgan fingerprint density at radius 1 is 1.29 bits per heavy atom. The van der Waals surface area contributed by atoms with Crippen LogP contribution in [0.15, 0.2) is 24.3 Å². The van der Waals surface area contributed by atoms with Crippen LogP contribution >= 0.6 is 0 Å². The van der Waals surface area contributed by atoms with E-state index in [2.05, 4.69) is 31.2 Å². The lowest BCUT2D eigenvalue weighted by atomic mass is 10.1. The van der Waals surface area contributed by atoms with Crippen molar-refractivity contribution in [1.82, 2.24) is 0 Å². The van der Waals surface area contributed by atoms with Gasteiger partial charge in [-0.25, -0.2) is 0 Å². The van der Waals surface area contributed by atoms with Crippen molar-refractivity contribution in [2.75, 3.05) is 6.61 Å². The van der Waals surface area contributed by atoms with Crippen LogP contribution in [0.3, 0.4) is 0 Å². The van der Waals surface area contributed by atoms with Crippen LogP contribution in [0.5, 0.6) is 0 Å². The molecule has 0 amide bonds. The monoisotopic (exact) mass is 206 g/mol. The first-order valence-electron chi connectivity index (χ1n) is 5.52. The van der Waals surface area contributed by atoms with Crippen LogP contribution in [-0.2, 0) is 10.5 Å². The third-order valence-electron chi connectivity index (χ3n) is 2.98. The van der Waals surface area contributed by atoms with Gasteiger partial charge in [-0.1, -0.05) is 30.7 Å². The zero-order chi connectivity index (χ0) is 9.80. The minimum absolute atomic E-state index is 0.881. The molecule has 2 rings (SSSR count). The molecular formula is C12H18OSi. The molecule has 1 aromatic carbocycles. The Bertz CT molecular complexity index is 292. The molecule has 0 aliphatic carbocycles. The zero-order valence-electron chi connectivity index (χ0n) is 8.83. The molecule has 76 valence electrons. The average Bonchev–Trinajstić information content (AvgIpc) is 2.23. The Balaban J connectivity index is 1.99. The summed E-state index contributed by atoms with van der Waals surface area (Å²) >= 11 is 0. The lowest BCUT2D eigenvalue weighted by molar-refractivity contribution is 0.286. The van der Waals surface area contributed by atoms with Gasteiger partial charge in [0.1, 0.15) is 0 Å². The van der Waals surface area contributed by atoms with Crippen LogP contribution in [0, 0.1) is 6.92 Å². The summed E-state index contributed by atoms with van der Waals surface area (Å²) in [7, 11) is -0.881. The molecule has 1 aromatic rings. The van der Waals surface area contributed by atoms with Crippen LogP contribution in [0.1, 0.15) is 24.0 Å². The molecule has 1 saturated heterocycles. The van der Waals surface area contributed by atoms with E-state index in [4.69, 9.17) is 4.43 Å². The van der Waals surface area contributed by atoms with E-state index in [1.807, 2.05) is 0 Å². The van der Waals surface area contributed by atoms with E-state index in [1.54, 1.807) is 0 Å². The molecule has 1 nitrogen and oxygen atoms in total. The SMILES string of the molecule is Cc1ccccc1C[SiH]1CCCCO1. The normalized spacial score (nSPS) is 22.2. The van der Waals surface area contributed by atoms with E-state index in [1.165, 1.54) is 36.1 Å². The number of rotatable bonds is 2. The molecule has 0 N–H and O–H groups in total. The van der Waals surface area contributed by atoms with E-state index in [-0.39, 0.29) is 0 Å². The minimum atomic E-state index is -0.881. The smallest absolute Gasteiger partial charge is 0.181 e. The molecule has 1 fully saturated rings. The van der Waals surface area contributed by atoms with Gasteiger partial charge in [0.25, 0.3) is 0 Å². The largest absolute Gasteiger partial charge is 0.420 e. The summed E-state index contributed by atoms with van der Waals surface area (Å²) in [4.78, 5) is 0. The Hall–Kier alpha value is -0.603. The second kappa shape index (κ2) is 4.76. The number of hydrogen-bond acceptors (Lipinski definition) is 1. The van der Waals surface area contributed by atoms with Gasteiger partial charge < -0.3 is 4.43 Å². The maximum absolute atomic E-state index is 5.88. The summed E-state index contributed by atoms with van der Waals surface area (Å²) in [6.45, 7) is 3.22. The van der Waals surface area contributed by atoms with Crippen LogP contribution in [0.25, 0.3) is 0 Å². The molecule has 1 atom stereocenters. The summed E-state index contributed by atoms with van der Waals surface area (Å²) in [5, 5.41) is 0. The van der Waals surface area contributed by atoms with E-state index < -0.39 is 9.04 Å². The predicted molar refractivity (Wildman–Crippen MR) is 62.0 cm³/mol. The second-order valence-corrected chi connectivity index (χ2v) is 6.68. The molecule has 1 unspecified atom stereocenters. The maximum Gasteiger partial charge on any atom is 0.181 e. The summed E-state index contributed by atoms with van der Waals surface area (Å²) in [5.41, 5.74) is 2.93.